The molecule has 1 aliphatic heterocycles. The lowest BCUT2D eigenvalue weighted by Gasteiger charge is -2.65. The molecule has 0 radical (unpaired) electrons. The fourth-order valence-electron chi connectivity index (χ4n) is 7.90. The number of rotatable bonds is 8. The lowest BCUT2D eigenvalue weighted by Crippen LogP contribution is -2.81. The van der Waals surface area contributed by atoms with Crippen molar-refractivity contribution in [2.24, 2.45) is 11.3 Å². The van der Waals surface area contributed by atoms with Gasteiger partial charge in [0, 0.05) is 13.0 Å². The summed E-state index contributed by atoms with van der Waals surface area (Å²) in [5, 5.41) is 12.1. The number of fused-ring (bicyclic) bond motifs is 1. The molecule has 11 heteroatoms. The number of ether oxygens (including phenoxy) is 5. The van der Waals surface area contributed by atoms with Gasteiger partial charge in [0.25, 0.3) is 0 Å². The van der Waals surface area contributed by atoms with Crippen molar-refractivity contribution >= 4 is 45.9 Å². The van der Waals surface area contributed by atoms with Gasteiger partial charge in [0.1, 0.15) is 29.2 Å². The van der Waals surface area contributed by atoms with Crippen molar-refractivity contribution in [2.45, 2.75) is 88.7 Å². The maximum Gasteiger partial charge on any atom is 0.338 e. The van der Waals surface area contributed by atoms with E-state index in [2.05, 4.69) is 15.9 Å². The summed E-state index contributed by atoms with van der Waals surface area (Å²) in [6, 6.07) is 17.5. The van der Waals surface area contributed by atoms with Crippen LogP contribution in [0.15, 0.2) is 66.7 Å². The van der Waals surface area contributed by atoms with Crippen LogP contribution in [0.4, 0.5) is 0 Å². The molecule has 1 heterocycles. The first kappa shape index (κ1) is 33.8. The Balaban J connectivity index is 1.71. The van der Waals surface area contributed by atoms with Gasteiger partial charge in [-0.2, -0.15) is 0 Å². The molecular formula is C35H39BrO10. The smallest absolute Gasteiger partial charge is 0.338 e. The van der Waals surface area contributed by atoms with Crippen molar-refractivity contribution in [3.63, 3.8) is 0 Å². The van der Waals surface area contributed by atoms with Crippen LogP contribution < -0.4 is 0 Å². The zero-order chi connectivity index (χ0) is 33.5. The van der Waals surface area contributed by atoms with E-state index in [0.717, 1.165) is 5.56 Å². The second-order valence-electron chi connectivity index (χ2n) is 13.0. The largest absolute Gasteiger partial charge is 0.462 e. The molecule has 10 nitrogen and oxygen atoms in total. The first-order valence-corrected chi connectivity index (χ1v) is 16.3. The van der Waals surface area contributed by atoms with Gasteiger partial charge in [0.2, 0.25) is 0 Å². The lowest BCUT2D eigenvalue weighted by molar-refractivity contribution is -0.336. The second kappa shape index (κ2) is 12.6. The predicted molar refractivity (Wildman–Crippen MR) is 170 cm³/mol. The fourth-order valence-corrected chi connectivity index (χ4v) is 8.03. The Hall–Kier alpha value is -3.54. The van der Waals surface area contributed by atoms with Crippen LogP contribution >= 0.6 is 15.9 Å². The number of hydrogen-bond acceptors (Lipinski definition) is 10. The summed E-state index contributed by atoms with van der Waals surface area (Å²) in [6.07, 6.45) is -1.67. The van der Waals surface area contributed by atoms with Gasteiger partial charge in [-0.1, -0.05) is 64.5 Å². The van der Waals surface area contributed by atoms with Crippen molar-refractivity contribution in [1.82, 2.24) is 0 Å². The topological polar surface area (TPSA) is 135 Å². The van der Waals surface area contributed by atoms with Crippen LogP contribution in [0.25, 0.3) is 6.08 Å². The van der Waals surface area contributed by atoms with Gasteiger partial charge in [-0.25, -0.2) is 9.59 Å². The van der Waals surface area contributed by atoms with E-state index in [-0.39, 0.29) is 23.7 Å². The number of aliphatic hydroxyl groups is 1. The minimum Gasteiger partial charge on any atom is -0.462 e. The maximum absolute atomic E-state index is 13.8. The Bertz CT molecular complexity index is 1510. The maximum atomic E-state index is 13.8. The van der Waals surface area contributed by atoms with E-state index < -0.39 is 76.4 Å². The zero-order valence-corrected chi connectivity index (χ0v) is 28.0. The molecule has 0 aromatic heterocycles. The first-order chi connectivity index (χ1) is 21.7. The molecule has 46 heavy (non-hydrogen) atoms. The van der Waals surface area contributed by atoms with Crippen molar-refractivity contribution in [1.29, 1.82) is 0 Å². The zero-order valence-electron chi connectivity index (χ0n) is 26.4. The number of halogens is 1. The van der Waals surface area contributed by atoms with E-state index in [9.17, 15) is 24.3 Å². The Morgan fingerprint density at radius 2 is 1.54 bits per heavy atom. The number of hydrogen-bond donors (Lipinski definition) is 1. The molecule has 2 saturated carbocycles. The highest BCUT2D eigenvalue weighted by Gasteiger charge is 2.85. The summed E-state index contributed by atoms with van der Waals surface area (Å²) < 4.78 is 31.4. The molecule has 1 spiro atoms. The molecule has 5 rings (SSSR count). The molecule has 2 aromatic carbocycles. The number of carbonyl (C=O) groups is 4. The summed E-state index contributed by atoms with van der Waals surface area (Å²) in [5.41, 5.74) is -5.26. The van der Waals surface area contributed by atoms with E-state index in [1.807, 2.05) is 30.3 Å². The van der Waals surface area contributed by atoms with Gasteiger partial charge in [0.15, 0.2) is 6.10 Å². The average molecular weight is 700 g/mol. The van der Waals surface area contributed by atoms with Gasteiger partial charge >= 0.3 is 23.9 Å². The van der Waals surface area contributed by atoms with Gasteiger partial charge < -0.3 is 28.8 Å². The van der Waals surface area contributed by atoms with Crippen LogP contribution in [0.5, 0.6) is 0 Å². The first-order valence-electron chi connectivity index (χ1n) is 15.2. The SMILES string of the molecule is CC(=O)O[C@H]1CC[C@](C)(O)[C@]23OC(C)(C)[C@H]([C@H](OC(=O)/C=C/c4ccccc4)[C@H](OC(=O)c4ccccc4)[C@]12C)[C@H]3OC(=O)CBr. The van der Waals surface area contributed by atoms with Crippen LogP contribution in [0.2, 0.25) is 0 Å². The van der Waals surface area contributed by atoms with Crippen molar-refractivity contribution in [3.05, 3.63) is 77.9 Å². The number of carbonyl (C=O) groups excluding carboxylic acids is 4. The normalized spacial score (nSPS) is 34.3. The number of esters is 4. The molecule has 1 N–H and O–H groups in total. The molecule has 8 atom stereocenters. The Labute approximate surface area is 276 Å². The highest BCUT2D eigenvalue weighted by Crippen LogP contribution is 2.69. The third kappa shape index (κ3) is 5.66. The van der Waals surface area contributed by atoms with Crippen LogP contribution in [0, 0.1) is 11.3 Å². The van der Waals surface area contributed by atoms with Crippen LogP contribution in [0.1, 0.15) is 63.4 Å². The molecule has 2 aromatic rings. The third-order valence-corrected chi connectivity index (χ3v) is 10.2. The molecule has 3 fully saturated rings. The summed E-state index contributed by atoms with van der Waals surface area (Å²) in [5.74, 6) is -3.64. The number of alkyl halides is 1. The molecule has 0 unspecified atom stereocenters. The average Bonchev–Trinajstić information content (AvgIpc) is 3.23. The molecule has 3 aliphatic rings. The van der Waals surface area contributed by atoms with Gasteiger partial charge in [-0.15, -0.1) is 0 Å². The highest BCUT2D eigenvalue weighted by molar-refractivity contribution is 9.09. The standard InChI is InChI=1S/C35H39BrO10/c1-21(37)42-24-18-19-33(4,41)35-29(44-26(39)20-36)27(32(2,3)46-35)28(43-25(38)17-16-22-12-8-6-9-13-22)30(34(24,35)5)45-31(40)23-14-10-7-11-15-23/h6-17,24,27-30,41H,18-20H2,1-5H3/b17-16+/t24-,27+,28-,29+,30-,33-,34-,35-/m0/s1. The Morgan fingerprint density at radius 1 is 0.913 bits per heavy atom. The minimum absolute atomic E-state index is 0.106. The van der Waals surface area contributed by atoms with E-state index in [0.29, 0.717) is 0 Å². The van der Waals surface area contributed by atoms with Gasteiger partial charge in [-0.05, 0) is 64.3 Å². The van der Waals surface area contributed by atoms with Crippen LogP contribution in [-0.2, 0) is 38.1 Å². The fraction of sp³-hybridized carbons (Fsp3) is 0.486. The van der Waals surface area contributed by atoms with E-state index in [4.69, 9.17) is 23.7 Å². The van der Waals surface area contributed by atoms with E-state index in [1.54, 1.807) is 64.1 Å². The van der Waals surface area contributed by atoms with Crippen molar-refractivity contribution < 1.29 is 48.0 Å². The second-order valence-corrected chi connectivity index (χ2v) is 13.6. The van der Waals surface area contributed by atoms with Gasteiger partial charge in [0.05, 0.1) is 28.1 Å². The Morgan fingerprint density at radius 3 is 2.15 bits per heavy atom. The molecule has 1 saturated heterocycles. The Kier molecular flexibility index (Phi) is 9.24. The number of benzene rings is 2. The monoisotopic (exact) mass is 698 g/mol. The van der Waals surface area contributed by atoms with E-state index >= 15 is 0 Å². The van der Waals surface area contributed by atoms with Crippen molar-refractivity contribution in [2.75, 3.05) is 5.33 Å². The van der Waals surface area contributed by atoms with Gasteiger partial charge in [-0.3, -0.25) is 9.59 Å². The summed E-state index contributed by atoms with van der Waals surface area (Å²) >= 11 is 3.16. The molecule has 246 valence electrons. The summed E-state index contributed by atoms with van der Waals surface area (Å²) in [4.78, 5) is 52.9. The lowest BCUT2D eigenvalue weighted by atomic mass is 9.47. The molecular weight excluding hydrogens is 660 g/mol. The molecule has 0 amide bonds. The summed E-state index contributed by atoms with van der Waals surface area (Å²) in [6.45, 7) is 8.00. The van der Waals surface area contributed by atoms with Crippen molar-refractivity contribution in [3.8, 4) is 0 Å². The molecule has 2 bridgehead atoms. The van der Waals surface area contributed by atoms with E-state index in [1.165, 1.54) is 13.0 Å². The summed E-state index contributed by atoms with van der Waals surface area (Å²) in [7, 11) is 0. The highest BCUT2D eigenvalue weighted by atomic mass is 79.9. The van der Waals surface area contributed by atoms with Crippen LogP contribution in [0.3, 0.4) is 0 Å². The minimum atomic E-state index is -1.77. The predicted octanol–water partition coefficient (Wildman–Crippen LogP) is 4.80. The molecule has 2 aliphatic carbocycles. The third-order valence-electron chi connectivity index (χ3n) is 9.74. The van der Waals surface area contributed by atoms with Crippen LogP contribution in [-0.4, -0.2) is 75.5 Å². The quantitative estimate of drug-likeness (QED) is 0.177.